The molecule has 11 aromatic carbocycles. The van der Waals surface area contributed by atoms with Crippen LogP contribution in [0.3, 0.4) is 0 Å². The molecule has 0 amide bonds. The SMILES string of the molecule is C=C/C=C(\C=C)C1(c2ccccc2)c2ccccc2-c2ccc(-c3cccc4c5ccccc5c5cc(-c6cccc(C/C=C(\N=C(N)c7ccccc7)c7ccc(-c8ccccc8)cc7)c6)ccc5c34)cc21. The van der Waals surface area contributed by atoms with Gasteiger partial charge in [0, 0.05) is 5.56 Å². The summed E-state index contributed by atoms with van der Waals surface area (Å²) in [5.74, 6) is 0.483. The molecule has 2 N–H and O–H groups in total. The van der Waals surface area contributed by atoms with Gasteiger partial charge < -0.3 is 5.73 Å². The third kappa shape index (κ3) is 7.91. The lowest BCUT2D eigenvalue weighted by molar-refractivity contribution is 0.768. The smallest absolute Gasteiger partial charge is 0.131 e. The molecule has 0 fully saturated rings. The standard InChI is InChI=1S/C71H52N2/c1-3-20-56(4-2)71(57-27-12-7-13-28-57)66-34-17-16-31-61(66)62-42-41-55(47-67(62)71)58-32-19-33-63-59-29-14-15-30-60(59)65-46-54(40-43-64(65)69(58)63)53-26-18-21-48(45-53)35-44-68(73-70(72)52-24-10-6-11-25-52)51-38-36-50(37-39-51)49-22-8-5-9-23-49/h3-34,36-47H,1-2,35H2,(H2,72,73)/b56-20+,68-44-. The average Bonchev–Trinajstić information content (AvgIpc) is 3.76. The molecule has 1 aliphatic rings. The molecule has 1 atom stereocenters. The van der Waals surface area contributed by atoms with E-state index in [2.05, 4.69) is 232 Å². The summed E-state index contributed by atoms with van der Waals surface area (Å²) in [6.07, 6.45) is 8.90. The highest BCUT2D eigenvalue weighted by Crippen LogP contribution is 2.57. The second-order valence-electron chi connectivity index (χ2n) is 18.8. The lowest BCUT2D eigenvalue weighted by Gasteiger charge is -2.35. The highest BCUT2D eigenvalue weighted by atomic mass is 14.9. The second-order valence-corrected chi connectivity index (χ2v) is 18.8. The first kappa shape index (κ1) is 44.8. The van der Waals surface area contributed by atoms with E-state index >= 15 is 0 Å². The molecule has 1 unspecified atom stereocenters. The van der Waals surface area contributed by atoms with Gasteiger partial charge in [0.15, 0.2) is 0 Å². The summed E-state index contributed by atoms with van der Waals surface area (Å²) in [5.41, 5.74) is 24.3. The van der Waals surface area contributed by atoms with Gasteiger partial charge >= 0.3 is 0 Å². The van der Waals surface area contributed by atoms with Crippen LogP contribution in [0, 0.1) is 0 Å². The van der Waals surface area contributed by atoms with E-state index in [-0.39, 0.29) is 0 Å². The summed E-state index contributed by atoms with van der Waals surface area (Å²) >= 11 is 0. The number of hydrogen-bond acceptors (Lipinski definition) is 1. The van der Waals surface area contributed by atoms with Gasteiger partial charge in [-0.05, 0) is 129 Å². The molecule has 73 heavy (non-hydrogen) atoms. The van der Waals surface area contributed by atoms with Crippen LogP contribution in [0.1, 0.15) is 33.4 Å². The number of nitrogens with zero attached hydrogens (tertiary/aromatic N) is 1. The Morgan fingerprint density at radius 3 is 1.78 bits per heavy atom. The molecule has 11 aromatic rings. The lowest BCUT2D eigenvalue weighted by Crippen LogP contribution is -2.29. The quantitative estimate of drug-likeness (QED) is 0.0564. The molecule has 0 saturated carbocycles. The molecule has 0 aromatic heterocycles. The third-order valence-electron chi connectivity index (χ3n) is 14.8. The van der Waals surface area contributed by atoms with Crippen LogP contribution < -0.4 is 5.73 Å². The highest BCUT2D eigenvalue weighted by molar-refractivity contribution is 6.29. The zero-order valence-corrected chi connectivity index (χ0v) is 40.5. The molecule has 0 saturated heterocycles. The first-order chi connectivity index (χ1) is 36.0. The van der Waals surface area contributed by atoms with Crippen LogP contribution in [-0.2, 0) is 11.8 Å². The van der Waals surface area contributed by atoms with Gasteiger partial charge in [0.2, 0.25) is 0 Å². The molecule has 12 rings (SSSR count). The number of rotatable bonds is 12. The van der Waals surface area contributed by atoms with E-state index in [4.69, 9.17) is 10.7 Å². The summed E-state index contributed by atoms with van der Waals surface area (Å²) in [6, 6.07) is 87.4. The zero-order valence-electron chi connectivity index (χ0n) is 40.5. The van der Waals surface area contributed by atoms with Crippen LogP contribution in [0.25, 0.3) is 82.5 Å². The molecule has 2 nitrogen and oxygen atoms in total. The van der Waals surface area contributed by atoms with Crippen LogP contribution in [0.15, 0.2) is 291 Å². The van der Waals surface area contributed by atoms with Crippen LogP contribution in [0.5, 0.6) is 0 Å². The Morgan fingerprint density at radius 2 is 1.01 bits per heavy atom. The van der Waals surface area contributed by atoms with Crippen LogP contribution in [-0.4, -0.2) is 5.84 Å². The minimum atomic E-state index is -0.587. The number of allylic oxidation sites excluding steroid dienone is 5. The van der Waals surface area contributed by atoms with Crippen molar-refractivity contribution in [3.63, 3.8) is 0 Å². The van der Waals surface area contributed by atoms with E-state index in [1.807, 2.05) is 48.6 Å². The van der Waals surface area contributed by atoms with Crippen molar-refractivity contribution < 1.29 is 0 Å². The molecule has 0 aliphatic heterocycles. The van der Waals surface area contributed by atoms with Gasteiger partial charge in [0.25, 0.3) is 0 Å². The van der Waals surface area contributed by atoms with Gasteiger partial charge in [-0.1, -0.05) is 268 Å². The van der Waals surface area contributed by atoms with Crippen LogP contribution in [0.4, 0.5) is 0 Å². The Hall–Kier alpha value is -9.37. The molecule has 346 valence electrons. The molecule has 0 heterocycles. The van der Waals surface area contributed by atoms with Crippen molar-refractivity contribution in [3.05, 3.63) is 319 Å². The first-order valence-electron chi connectivity index (χ1n) is 25.0. The summed E-state index contributed by atoms with van der Waals surface area (Å²) in [5, 5.41) is 7.39. The number of nitrogens with two attached hydrogens (primary N) is 1. The lowest BCUT2D eigenvalue weighted by atomic mass is 9.66. The van der Waals surface area contributed by atoms with Crippen molar-refractivity contribution in [3.8, 4) is 44.5 Å². The summed E-state index contributed by atoms with van der Waals surface area (Å²) in [6.45, 7) is 8.55. The van der Waals surface area contributed by atoms with Gasteiger partial charge in [0.1, 0.15) is 5.84 Å². The number of fused-ring (bicyclic) bond motifs is 9. The van der Waals surface area contributed by atoms with Crippen molar-refractivity contribution in [1.29, 1.82) is 0 Å². The van der Waals surface area contributed by atoms with E-state index < -0.39 is 5.41 Å². The van der Waals surface area contributed by atoms with Crippen LogP contribution in [0.2, 0.25) is 0 Å². The highest BCUT2D eigenvalue weighted by Gasteiger charge is 2.46. The largest absolute Gasteiger partial charge is 0.383 e. The number of aliphatic imine (C=N–C) groups is 1. The van der Waals surface area contributed by atoms with Crippen molar-refractivity contribution in [2.24, 2.45) is 10.7 Å². The molecule has 0 radical (unpaired) electrons. The number of hydrogen-bond donors (Lipinski definition) is 1. The van der Waals surface area contributed by atoms with Crippen molar-refractivity contribution in [2.75, 3.05) is 0 Å². The van der Waals surface area contributed by atoms with E-state index in [9.17, 15) is 0 Å². The Balaban J connectivity index is 0.966. The summed E-state index contributed by atoms with van der Waals surface area (Å²) in [4.78, 5) is 5.04. The molecular formula is C71H52N2. The molecule has 0 spiro atoms. The second kappa shape index (κ2) is 19.1. The predicted octanol–water partition coefficient (Wildman–Crippen LogP) is 17.7. The maximum Gasteiger partial charge on any atom is 0.131 e. The van der Waals surface area contributed by atoms with Gasteiger partial charge in [-0.15, -0.1) is 0 Å². The Kier molecular flexibility index (Phi) is 11.7. The normalized spacial score (nSPS) is 14.5. The van der Waals surface area contributed by atoms with Crippen molar-refractivity contribution >= 4 is 43.9 Å². The monoisotopic (exact) mass is 932 g/mol. The number of amidine groups is 1. The molecule has 0 bridgehead atoms. The van der Waals surface area contributed by atoms with E-state index in [1.165, 1.54) is 82.4 Å². The topological polar surface area (TPSA) is 38.4 Å². The van der Waals surface area contributed by atoms with Crippen LogP contribution >= 0.6 is 0 Å². The van der Waals surface area contributed by atoms with Gasteiger partial charge in [0.05, 0.1) is 11.1 Å². The van der Waals surface area contributed by atoms with E-state index in [0.717, 1.165) is 39.1 Å². The predicted molar refractivity (Wildman–Crippen MR) is 311 cm³/mol. The maximum absolute atomic E-state index is 6.68. The fourth-order valence-corrected chi connectivity index (χ4v) is 11.4. The molecular weight excluding hydrogens is 881 g/mol. The van der Waals surface area contributed by atoms with E-state index in [0.29, 0.717) is 12.3 Å². The number of benzene rings is 11. The summed E-state index contributed by atoms with van der Waals surface area (Å²) in [7, 11) is 0. The zero-order chi connectivity index (χ0) is 49.3. The summed E-state index contributed by atoms with van der Waals surface area (Å²) < 4.78 is 0. The minimum absolute atomic E-state index is 0.483. The molecule has 2 heteroatoms. The van der Waals surface area contributed by atoms with E-state index in [1.54, 1.807) is 0 Å². The van der Waals surface area contributed by atoms with Crippen molar-refractivity contribution in [2.45, 2.75) is 11.8 Å². The minimum Gasteiger partial charge on any atom is -0.383 e. The average molecular weight is 933 g/mol. The van der Waals surface area contributed by atoms with Gasteiger partial charge in [-0.2, -0.15) is 0 Å². The Labute approximate surface area is 427 Å². The maximum atomic E-state index is 6.68. The molecule has 1 aliphatic carbocycles. The van der Waals surface area contributed by atoms with Crippen molar-refractivity contribution in [1.82, 2.24) is 0 Å². The van der Waals surface area contributed by atoms with Gasteiger partial charge in [-0.3, -0.25) is 0 Å². The first-order valence-corrected chi connectivity index (χ1v) is 25.0. The fraction of sp³-hybridized carbons (Fsp3) is 0.0282. The Bertz CT molecular complexity index is 4010. The van der Waals surface area contributed by atoms with Gasteiger partial charge in [-0.25, -0.2) is 4.99 Å². The Morgan fingerprint density at radius 1 is 0.438 bits per heavy atom. The third-order valence-corrected chi connectivity index (χ3v) is 14.8. The fourth-order valence-electron chi connectivity index (χ4n) is 11.4.